The van der Waals surface area contributed by atoms with Gasteiger partial charge in [0, 0.05) is 25.8 Å². The van der Waals surface area contributed by atoms with Crippen molar-refractivity contribution in [2.45, 2.75) is 27.4 Å². The molecule has 2 aromatic rings. The van der Waals surface area contributed by atoms with Gasteiger partial charge < -0.3 is 9.64 Å². The molecule has 1 N–H and O–H groups in total. The molecule has 1 fully saturated rings. The van der Waals surface area contributed by atoms with Crippen molar-refractivity contribution in [3.8, 4) is 0 Å². The number of ether oxygens (including phenoxy) is 1. The fraction of sp³-hybridized carbons (Fsp3) is 0.476. The molecule has 0 saturated carbocycles. The number of amides is 2. The Balaban J connectivity index is 1.46. The molecule has 1 aromatic carbocycles. The number of anilines is 1. The van der Waals surface area contributed by atoms with Crippen LogP contribution in [0.1, 0.15) is 26.3 Å². The Morgan fingerprint density at radius 2 is 1.88 bits per heavy atom. The van der Waals surface area contributed by atoms with Gasteiger partial charge in [-0.3, -0.25) is 19.4 Å². The molecule has 172 valence electrons. The average Bonchev–Trinajstić information content (AvgIpc) is 3.25. The van der Waals surface area contributed by atoms with Crippen molar-refractivity contribution >= 4 is 34.8 Å². The van der Waals surface area contributed by atoms with Crippen molar-refractivity contribution in [2.24, 2.45) is 5.41 Å². The van der Waals surface area contributed by atoms with E-state index in [0.717, 1.165) is 17.3 Å². The first-order chi connectivity index (χ1) is 15.2. The Labute approximate surface area is 190 Å². The quantitative estimate of drug-likeness (QED) is 0.621. The summed E-state index contributed by atoms with van der Waals surface area (Å²) in [6.45, 7) is 7.26. The van der Waals surface area contributed by atoms with Crippen LogP contribution in [0, 0.1) is 5.41 Å². The minimum atomic E-state index is -0.750. The maximum Gasteiger partial charge on any atom is 0.410 e. The molecule has 2 amide bonds. The van der Waals surface area contributed by atoms with Crippen LogP contribution in [0.5, 0.6) is 0 Å². The lowest BCUT2D eigenvalue weighted by Crippen LogP contribution is -2.65. The van der Waals surface area contributed by atoms with Crippen LogP contribution >= 0.6 is 11.8 Å². The normalized spacial score (nSPS) is 14.2. The Morgan fingerprint density at radius 3 is 2.53 bits per heavy atom. The highest BCUT2D eigenvalue weighted by atomic mass is 32.2. The summed E-state index contributed by atoms with van der Waals surface area (Å²) in [5, 5.41) is 8.52. The fourth-order valence-corrected chi connectivity index (χ4v) is 3.64. The second-order valence-electron chi connectivity index (χ2n) is 8.09. The van der Waals surface area contributed by atoms with Crippen LogP contribution in [0.4, 0.5) is 10.7 Å². The largest absolute Gasteiger partial charge is 0.445 e. The third kappa shape index (κ3) is 6.46. The standard InChI is InChI=1S/C21H27N5O5S/c1-16(27)32-15-21(2,3)19(28)22-18-13-26(23-31-18)25-11-9-24(10-12-25)20(29)30-14-17-7-5-4-6-8-17/h4-8,13H,9-12,14-15H2,1-3H3/p+1. The van der Waals surface area contributed by atoms with E-state index in [2.05, 4.69) is 10.6 Å². The van der Waals surface area contributed by atoms with Gasteiger partial charge in [0.25, 0.3) is 6.20 Å². The number of hydrogen-bond acceptors (Lipinski definition) is 8. The van der Waals surface area contributed by atoms with E-state index in [1.165, 1.54) is 11.7 Å². The molecule has 32 heavy (non-hydrogen) atoms. The Kier molecular flexibility index (Phi) is 7.73. The highest BCUT2D eigenvalue weighted by Crippen LogP contribution is 2.24. The van der Waals surface area contributed by atoms with Crippen molar-refractivity contribution in [3.05, 3.63) is 42.1 Å². The van der Waals surface area contributed by atoms with E-state index in [1.54, 1.807) is 24.9 Å². The molecule has 0 spiro atoms. The van der Waals surface area contributed by atoms with Crippen LogP contribution < -0.4 is 15.1 Å². The predicted molar refractivity (Wildman–Crippen MR) is 118 cm³/mol. The molecular formula is C21H28N5O5S+. The number of nitrogens with one attached hydrogen (secondary N) is 1. The molecule has 3 rings (SSSR count). The molecule has 0 unspecified atom stereocenters. The van der Waals surface area contributed by atoms with E-state index in [-0.39, 0.29) is 29.6 Å². The average molecular weight is 463 g/mol. The molecule has 0 atom stereocenters. The number of carbonyl (C=O) groups excluding carboxylic acids is 3. The number of rotatable bonds is 7. The minimum absolute atomic E-state index is 0.0357. The van der Waals surface area contributed by atoms with Gasteiger partial charge in [-0.15, -0.1) is 5.01 Å². The van der Waals surface area contributed by atoms with Crippen LogP contribution in [0.2, 0.25) is 0 Å². The van der Waals surface area contributed by atoms with Crippen LogP contribution in [-0.2, 0) is 20.9 Å². The van der Waals surface area contributed by atoms with Crippen LogP contribution in [0.15, 0.2) is 41.1 Å². The smallest absolute Gasteiger partial charge is 0.410 e. The maximum atomic E-state index is 12.5. The molecular weight excluding hydrogens is 434 g/mol. The number of carbonyl (C=O) groups is 3. The Hall–Kier alpha value is -3.08. The van der Waals surface area contributed by atoms with Crippen LogP contribution in [-0.4, -0.2) is 59.2 Å². The zero-order valence-electron chi connectivity index (χ0n) is 18.4. The van der Waals surface area contributed by atoms with Crippen LogP contribution in [0.25, 0.3) is 0 Å². The molecule has 0 radical (unpaired) electrons. The van der Waals surface area contributed by atoms with Crippen molar-refractivity contribution in [1.82, 2.24) is 10.2 Å². The van der Waals surface area contributed by atoms with Gasteiger partial charge in [-0.1, -0.05) is 55.9 Å². The molecule has 1 aromatic heterocycles. The number of aromatic nitrogens is 2. The van der Waals surface area contributed by atoms with Crippen molar-refractivity contribution < 1.29 is 28.4 Å². The number of thioether (sulfide) groups is 1. The summed E-state index contributed by atoms with van der Waals surface area (Å²) >= 11 is 1.11. The molecule has 1 aliphatic heterocycles. The first-order valence-corrected chi connectivity index (χ1v) is 11.3. The Bertz CT molecular complexity index is 941. The molecule has 1 saturated heterocycles. The summed E-state index contributed by atoms with van der Waals surface area (Å²) in [5.41, 5.74) is 0.190. The summed E-state index contributed by atoms with van der Waals surface area (Å²) in [7, 11) is 0. The summed E-state index contributed by atoms with van der Waals surface area (Å²) in [6, 6.07) is 9.54. The van der Waals surface area contributed by atoms with E-state index in [1.807, 2.05) is 35.3 Å². The molecule has 11 heteroatoms. The first-order valence-electron chi connectivity index (χ1n) is 10.3. The lowest BCUT2D eigenvalue weighted by molar-refractivity contribution is -0.759. The van der Waals surface area contributed by atoms with Crippen molar-refractivity contribution in [1.29, 1.82) is 0 Å². The van der Waals surface area contributed by atoms with Gasteiger partial charge >= 0.3 is 12.0 Å². The molecule has 2 heterocycles. The van der Waals surface area contributed by atoms with Gasteiger partial charge in [0.2, 0.25) is 11.2 Å². The molecule has 0 aliphatic carbocycles. The van der Waals surface area contributed by atoms with Crippen molar-refractivity contribution in [3.63, 3.8) is 0 Å². The number of hydrogen-bond donors (Lipinski definition) is 1. The number of benzene rings is 1. The maximum absolute atomic E-state index is 12.5. The monoisotopic (exact) mass is 462 g/mol. The van der Waals surface area contributed by atoms with E-state index >= 15 is 0 Å². The Morgan fingerprint density at radius 1 is 1.19 bits per heavy atom. The van der Waals surface area contributed by atoms with E-state index in [4.69, 9.17) is 9.26 Å². The van der Waals surface area contributed by atoms with Gasteiger partial charge in [-0.05, 0) is 5.56 Å². The summed E-state index contributed by atoms with van der Waals surface area (Å²) in [6.07, 6.45) is 1.23. The minimum Gasteiger partial charge on any atom is -0.445 e. The third-order valence-corrected chi connectivity index (χ3v) is 6.22. The number of nitrogens with zero attached hydrogens (tertiary/aromatic N) is 4. The van der Waals surface area contributed by atoms with Gasteiger partial charge in [-0.2, -0.15) is 0 Å². The highest BCUT2D eigenvalue weighted by Gasteiger charge is 2.32. The van der Waals surface area contributed by atoms with Crippen molar-refractivity contribution in [2.75, 3.05) is 42.3 Å². The molecule has 10 nitrogen and oxygen atoms in total. The predicted octanol–water partition coefficient (Wildman–Crippen LogP) is 1.80. The summed E-state index contributed by atoms with van der Waals surface area (Å²) in [4.78, 5) is 39.2. The van der Waals surface area contributed by atoms with Gasteiger partial charge in [0.15, 0.2) is 5.12 Å². The molecule has 1 aliphatic rings. The van der Waals surface area contributed by atoms with Crippen LogP contribution in [0.3, 0.4) is 0 Å². The first kappa shape index (κ1) is 23.6. The summed E-state index contributed by atoms with van der Waals surface area (Å²) in [5.74, 6) is 0.311. The fourth-order valence-electron chi connectivity index (χ4n) is 2.95. The van der Waals surface area contributed by atoms with E-state index in [9.17, 15) is 14.4 Å². The van der Waals surface area contributed by atoms with E-state index < -0.39 is 5.41 Å². The zero-order valence-corrected chi connectivity index (χ0v) is 19.3. The highest BCUT2D eigenvalue weighted by molar-refractivity contribution is 8.13. The van der Waals surface area contributed by atoms with E-state index in [0.29, 0.717) is 31.9 Å². The topological polar surface area (TPSA) is 109 Å². The lowest BCUT2D eigenvalue weighted by Gasteiger charge is -2.29. The number of piperazine rings is 1. The van der Waals surface area contributed by atoms with Gasteiger partial charge in [0.05, 0.1) is 23.3 Å². The SMILES string of the molecule is CC(=O)SCC(C)(C)C(=O)Nc1c[n+](N2CCN(C(=O)OCc3ccccc3)CC2)no1. The zero-order chi connectivity index (χ0) is 23.1. The second-order valence-corrected chi connectivity index (χ2v) is 9.24. The van der Waals surface area contributed by atoms with Gasteiger partial charge in [0.1, 0.15) is 6.61 Å². The lowest BCUT2D eigenvalue weighted by atomic mass is 9.95. The second kappa shape index (κ2) is 10.5. The molecule has 0 bridgehead atoms. The van der Waals surface area contributed by atoms with Gasteiger partial charge in [-0.25, -0.2) is 4.79 Å². The summed E-state index contributed by atoms with van der Waals surface area (Å²) < 4.78 is 10.6. The third-order valence-electron chi connectivity index (χ3n) is 4.95.